The zero-order valence-corrected chi connectivity index (χ0v) is 11.2. The van der Waals surface area contributed by atoms with Gasteiger partial charge in [-0.15, -0.1) is 11.6 Å². The third-order valence-corrected chi connectivity index (χ3v) is 4.38. The van der Waals surface area contributed by atoms with Crippen molar-refractivity contribution in [2.75, 3.05) is 12.4 Å². The van der Waals surface area contributed by atoms with E-state index in [-0.39, 0.29) is 5.82 Å². The second kappa shape index (κ2) is 5.03. The molecule has 16 heavy (non-hydrogen) atoms. The highest BCUT2D eigenvalue weighted by atomic mass is 79.9. The Hall–Kier alpha value is -0.120. The van der Waals surface area contributed by atoms with Crippen LogP contribution in [0.5, 0.6) is 0 Å². The smallest absolute Gasteiger partial charge is 0.124 e. The fourth-order valence-electron chi connectivity index (χ4n) is 1.66. The summed E-state index contributed by atoms with van der Waals surface area (Å²) >= 11 is 9.25. The normalized spacial score (nSPS) is 17.4. The molecule has 0 aliphatic heterocycles. The highest BCUT2D eigenvalue weighted by Crippen LogP contribution is 2.45. The molecule has 1 aliphatic rings. The molecule has 0 atom stereocenters. The first-order chi connectivity index (χ1) is 7.65. The van der Waals surface area contributed by atoms with Crippen LogP contribution in [0.25, 0.3) is 0 Å². The van der Waals surface area contributed by atoms with Crippen molar-refractivity contribution in [3.05, 3.63) is 34.1 Å². The molecule has 1 N–H and O–H groups in total. The van der Waals surface area contributed by atoms with E-state index < -0.39 is 0 Å². The second-order valence-electron chi connectivity index (χ2n) is 4.47. The van der Waals surface area contributed by atoms with Crippen molar-refractivity contribution in [3.63, 3.8) is 0 Å². The minimum absolute atomic E-state index is 0.213. The summed E-state index contributed by atoms with van der Waals surface area (Å²) in [4.78, 5) is 0. The summed E-state index contributed by atoms with van der Waals surface area (Å²) in [6, 6.07) is 4.77. The van der Waals surface area contributed by atoms with Gasteiger partial charge in [-0.1, -0.05) is 22.0 Å². The molecular formula is C12H14BrClFN. The Labute approximate surface area is 109 Å². The van der Waals surface area contributed by atoms with Crippen molar-refractivity contribution in [1.82, 2.24) is 5.32 Å². The molecule has 1 aromatic carbocycles. The molecule has 0 unspecified atom stereocenters. The largest absolute Gasteiger partial charge is 0.312 e. The molecule has 0 heterocycles. The third kappa shape index (κ3) is 2.96. The molecule has 1 saturated carbocycles. The Kier molecular flexibility index (Phi) is 3.88. The molecule has 1 aliphatic carbocycles. The zero-order chi connectivity index (χ0) is 11.6. The summed E-state index contributed by atoms with van der Waals surface area (Å²) in [5.74, 6) is 0.514. The number of halogens is 3. The Balaban J connectivity index is 1.85. The monoisotopic (exact) mass is 305 g/mol. The molecule has 88 valence electrons. The van der Waals surface area contributed by atoms with Crippen molar-refractivity contribution >= 4 is 27.5 Å². The van der Waals surface area contributed by atoms with E-state index in [1.54, 1.807) is 6.07 Å². The number of rotatable bonds is 5. The fraction of sp³-hybridized carbons (Fsp3) is 0.500. The molecule has 0 saturated heterocycles. The van der Waals surface area contributed by atoms with Crippen LogP contribution >= 0.6 is 27.5 Å². The first kappa shape index (κ1) is 12.3. The van der Waals surface area contributed by atoms with Crippen LogP contribution < -0.4 is 5.32 Å². The van der Waals surface area contributed by atoms with Crippen LogP contribution in [0.3, 0.4) is 0 Å². The van der Waals surface area contributed by atoms with E-state index in [0.29, 0.717) is 5.41 Å². The molecule has 4 heteroatoms. The van der Waals surface area contributed by atoms with Gasteiger partial charge in [0.1, 0.15) is 5.82 Å². The Morgan fingerprint density at radius 1 is 1.44 bits per heavy atom. The predicted octanol–water partition coefficient (Wildman–Crippen LogP) is 3.70. The summed E-state index contributed by atoms with van der Waals surface area (Å²) in [7, 11) is 0. The molecule has 2 rings (SSSR count). The maximum absolute atomic E-state index is 12.9. The van der Waals surface area contributed by atoms with Crippen molar-refractivity contribution < 1.29 is 4.39 Å². The minimum atomic E-state index is -0.213. The van der Waals surface area contributed by atoms with Gasteiger partial charge in [0.05, 0.1) is 0 Å². The first-order valence-corrected chi connectivity index (χ1v) is 6.69. The minimum Gasteiger partial charge on any atom is -0.312 e. The number of nitrogens with one attached hydrogen (secondary N) is 1. The number of benzene rings is 1. The van der Waals surface area contributed by atoms with Gasteiger partial charge in [-0.25, -0.2) is 4.39 Å². The second-order valence-corrected chi connectivity index (χ2v) is 5.59. The summed E-state index contributed by atoms with van der Waals surface area (Å²) in [5, 5.41) is 3.38. The van der Waals surface area contributed by atoms with Crippen LogP contribution in [0.2, 0.25) is 0 Å². The molecule has 0 bridgehead atoms. The van der Waals surface area contributed by atoms with E-state index in [0.717, 1.165) is 29.0 Å². The predicted molar refractivity (Wildman–Crippen MR) is 68.2 cm³/mol. The van der Waals surface area contributed by atoms with Gasteiger partial charge in [0.15, 0.2) is 0 Å². The molecule has 0 spiro atoms. The van der Waals surface area contributed by atoms with Gasteiger partial charge in [-0.05, 0) is 36.0 Å². The number of hydrogen-bond acceptors (Lipinski definition) is 1. The van der Waals surface area contributed by atoms with E-state index in [2.05, 4.69) is 21.2 Å². The lowest BCUT2D eigenvalue weighted by Gasteiger charge is -2.13. The Bertz CT molecular complexity index is 379. The highest BCUT2D eigenvalue weighted by Gasteiger charge is 2.41. The average molecular weight is 307 g/mol. The van der Waals surface area contributed by atoms with E-state index in [4.69, 9.17) is 11.6 Å². The third-order valence-electron chi connectivity index (χ3n) is 3.07. The Morgan fingerprint density at radius 2 is 2.19 bits per heavy atom. The van der Waals surface area contributed by atoms with E-state index in [1.165, 1.54) is 25.0 Å². The van der Waals surface area contributed by atoms with Gasteiger partial charge in [0, 0.05) is 23.4 Å². The molecule has 0 amide bonds. The Morgan fingerprint density at radius 3 is 2.75 bits per heavy atom. The molecule has 0 aromatic heterocycles. The zero-order valence-electron chi connectivity index (χ0n) is 8.90. The van der Waals surface area contributed by atoms with Crippen LogP contribution in [-0.2, 0) is 6.54 Å². The van der Waals surface area contributed by atoms with E-state index >= 15 is 0 Å². The van der Waals surface area contributed by atoms with Crippen LogP contribution in [0.4, 0.5) is 4.39 Å². The highest BCUT2D eigenvalue weighted by molar-refractivity contribution is 9.10. The van der Waals surface area contributed by atoms with Crippen LogP contribution in [-0.4, -0.2) is 12.4 Å². The topological polar surface area (TPSA) is 12.0 Å². The van der Waals surface area contributed by atoms with Crippen molar-refractivity contribution in [2.24, 2.45) is 5.41 Å². The SMILES string of the molecule is Fc1ccc(CNCC2(CCl)CC2)c(Br)c1. The van der Waals surface area contributed by atoms with Gasteiger partial charge < -0.3 is 5.32 Å². The van der Waals surface area contributed by atoms with Crippen LogP contribution in [0.1, 0.15) is 18.4 Å². The lowest BCUT2D eigenvalue weighted by atomic mass is 10.1. The van der Waals surface area contributed by atoms with Gasteiger partial charge in [0.25, 0.3) is 0 Å². The quantitative estimate of drug-likeness (QED) is 0.818. The molecule has 0 radical (unpaired) electrons. The van der Waals surface area contributed by atoms with Crippen molar-refractivity contribution in [3.8, 4) is 0 Å². The van der Waals surface area contributed by atoms with Gasteiger partial charge in [-0.2, -0.15) is 0 Å². The first-order valence-electron chi connectivity index (χ1n) is 5.36. The lowest BCUT2D eigenvalue weighted by molar-refractivity contribution is 0.504. The van der Waals surface area contributed by atoms with Gasteiger partial charge in [-0.3, -0.25) is 0 Å². The summed E-state index contributed by atoms with van der Waals surface area (Å²) in [6.45, 7) is 1.69. The van der Waals surface area contributed by atoms with Gasteiger partial charge in [0.2, 0.25) is 0 Å². The number of alkyl halides is 1. The molecule has 1 nitrogen and oxygen atoms in total. The maximum atomic E-state index is 12.9. The molecular weight excluding hydrogens is 292 g/mol. The standard InChI is InChI=1S/C12H14BrClFN/c13-11-5-10(15)2-1-9(11)6-16-8-12(7-14)3-4-12/h1-2,5,16H,3-4,6-8H2. The van der Waals surface area contributed by atoms with Crippen molar-refractivity contribution in [1.29, 1.82) is 0 Å². The van der Waals surface area contributed by atoms with Crippen LogP contribution in [0.15, 0.2) is 22.7 Å². The number of hydrogen-bond donors (Lipinski definition) is 1. The summed E-state index contributed by atoms with van der Waals surface area (Å²) in [6.07, 6.45) is 2.43. The molecule has 1 fully saturated rings. The van der Waals surface area contributed by atoms with E-state index in [9.17, 15) is 4.39 Å². The van der Waals surface area contributed by atoms with Gasteiger partial charge >= 0.3 is 0 Å². The fourth-order valence-corrected chi connectivity index (χ4v) is 2.51. The summed E-state index contributed by atoms with van der Waals surface area (Å²) in [5.41, 5.74) is 1.40. The lowest BCUT2D eigenvalue weighted by Crippen LogP contribution is -2.24. The van der Waals surface area contributed by atoms with Crippen molar-refractivity contribution in [2.45, 2.75) is 19.4 Å². The average Bonchev–Trinajstić information content (AvgIpc) is 3.02. The van der Waals surface area contributed by atoms with E-state index in [1.807, 2.05) is 0 Å². The maximum Gasteiger partial charge on any atom is 0.124 e. The summed E-state index contributed by atoms with van der Waals surface area (Å²) < 4.78 is 13.7. The van der Waals surface area contributed by atoms with Crippen LogP contribution in [0, 0.1) is 11.2 Å². The molecule has 1 aromatic rings.